The molecule has 2 amide bonds. The maximum Gasteiger partial charge on any atom is 0.253 e. The summed E-state index contributed by atoms with van der Waals surface area (Å²) in [6.45, 7) is 6.24. The highest BCUT2D eigenvalue weighted by molar-refractivity contribution is 5.95. The first-order valence-corrected chi connectivity index (χ1v) is 13.3. The molecule has 5 nitrogen and oxygen atoms in total. The quantitative estimate of drug-likeness (QED) is 0.474. The number of nitrogens with zero attached hydrogens (tertiary/aromatic N) is 3. The summed E-state index contributed by atoms with van der Waals surface area (Å²) in [5.41, 5.74) is 4.77. The van der Waals surface area contributed by atoms with Gasteiger partial charge >= 0.3 is 0 Å². The largest absolute Gasteiger partial charge is 0.368 e. The fourth-order valence-electron chi connectivity index (χ4n) is 5.43. The Hall–Kier alpha value is -3.67. The Kier molecular flexibility index (Phi) is 7.54. The molecular formula is C31H34FN3O2. The lowest BCUT2D eigenvalue weighted by Gasteiger charge is -2.36. The van der Waals surface area contributed by atoms with E-state index in [2.05, 4.69) is 17.9 Å². The van der Waals surface area contributed by atoms with Gasteiger partial charge in [0.05, 0.1) is 0 Å². The summed E-state index contributed by atoms with van der Waals surface area (Å²) in [5.74, 6) is 0.100. The highest BCUT2D eigenvalue weighted by Crippen LogP contribution is 2.29. The number of anilines is 1. The first-order valence-electron chi connectivity index (χ1n) is 13.3. The van der Waals surface area contributed by atoms with Crippen LogP contribution in [0, 0.1) is 5.82 Å². The Balaban J connectivity index is 1.22. The van der Waals surface area contributed by atoms with E-state index < -0.39 is 0 Å². The number of rotatable bonds is 5. The minimum atomic E-state index is -0.242. The van der Waals surface area contributed by atoms with Crippen LogP contribution in [0.4, 0.5) is 10.1 Å². The Morgan fingerprint density at radius 1 is 0.811 bits per heavy atom. The maximum atomic E-state index is 13.3. The summed E-state index contributed by atoms with van der Waals surface area (Å²) >= 11 is 0. The molecule has 0 N–H and O–H groups in total. The van der Waals surface area contributed by atoms with Crippen LogP contribution in [0.1, 0.15) is 57.5 Å². The van der Waals surface area contributed by atoms with E-state index in [9.17, 15) is 14.0 Å². The molecule has 5 rings (SSSR count). The molecule has 0 bridgehead atoms. The van der Waals surface area contributed by atoms with E-state index in [1.54, 1.807) is 12.1 Å². The van der Waals surface area contributed by atoms with Gasteiger partial charge in [0.2, 0.25) is 0 Å². The first kappa shape index (κ1) is 25.0. The molecule has 2 saturated heterocycles. The predicted octanol–water partition coefficient (Wildman–Crippen LogP) is 5.37. The van der Waals surface area contributed by atoms with E-state index in [1.807, 2.05) is 52.3 Å². The van der Waals surface area contributed by atoms with Gasteiger partial charge in [0.1, 0.15) is 5.82 Å². The van der Waals surface area contributed by atoms with Crippen LogP contribution in [0.2, 0.25) is 0 Å². The van der Waals surface area contributed by atoms with E-state index in [0.29, 0.717) is 25.2 Å². The van der Waals surface area contributed by atoms with Gasteiger partial charge < -0.3 is 14.7 Å². The van der Waals surface area contributed by atoms with Gasteiger partial charge in [0, 0.05) is 62.0 Å². The van der Waals surface area contributed by atoms with Gasteiger partial charge in [-0.2, -0.15) is 0 Å². The molecule has 0 aliphatic carbocycles. The monoisotopic (exact) mass is 499 g/mol. The lowest BCUT2D eigenvalue weighted by Crippen LogP contribution is -2.48. The average molecular weight is 500 g/mol. The van der Waals surface area contributed by atoms with E-state index in [-0.39, 0.29) is 23.5 Å². The molecule has 3 aromatic rings. The van der Waals surface area contributed by atoms with Crippen molar-refractivity contribution in [1.29, 1.82) is 0 Å². The van der Waals surface area contributed by atoms with Crippen molar-refractivity contribution in [2.45, 2.75) is 32.1 Å². The molecule has 37 heavy (non-hydrogen) atoms. The van der Waals surface area contributed by atoms with Gasteiger partial charge in [0.15, 0.2) is 0 Å². The number of halogens is 1. The number of piperazine rings is 1. The third-order valence-corrected chi connectivity index (χ3v) is 7.68. The predicted molar refractivity (Wildman–Crippen MR) is 145 cm³/mol. The van der Waals surface area contributed by atoms with Gasteiger partial charge in [-0.15, -0.1) is 0 Å². The summed E-state index contributed by atoms with van der Waals surface area (Å²) in [7, 11) is 0. The van der Waals surface area contributed by atoms with Gasteiger partial charge in [-0.25, -0.2) is 4.39 Å². The number of benzene rings is 3. The topological polar surface area (TPSA) is 43.9 Å². The van der Waals surface area contributed by atoms with Crippen molar-refractivity contribution in [3.8, 4) is 0 Å². The zero-order chi connectivity index (χ0) is 25.8. The fraction of sp³-hybridized carbons (Fsp3) is 0.355. The normalized spacial score (nSPS) is 18.1. The molecule has 1 unspecified atom stereocenters. The number of aryl methyl sites for hydroxylation is 1. The minimum absolute atomic E-state index is 0.0420. The Bertz CT molecular complexity index is 1230. The number of amides is 2. The van der Waals surface area contributed by atoms with Crippen molar-refractivity contribution in [2.75, 3.05) is 44.2 Å². The Labute approximate surface area is 218 Å². The van der Waals surface area contributed by atoms with Gasteiger partial charge in [-0.3, -0.25) is 9.59 Å². The molecule has 0 spiro atoms. The third kappa shape index (κ3) is 5.68. The summed E-state index contributed by atoms with van der Waals surface area (Å²) in [5, 5.41) is 0. The molecule has 3 aromatic carbocycles. The molecule has 2 aliphatic rings. The van der Waals surface area contributed by atoms with E-state index in [0.717, 1.165) is 55.7 Å². The molecule has 2 heterocycles. The molecule has 0 saturated carbocycles. The van der Waals surface area contributed by atoms with E-state index in [4.69, 9.17) is 0 Å². The number of hydrogen-bond acceptors (Lipinski definition) is 3. The number of likely N-dealkylation sites (tertiary alicyclic amines) is 1. The molecule has 1 atom stereocenters. The lowest BCUT2D eigenvalue weighted by atomic mass is 9.89. The van der Waals surface area contributed by atoms with Crippen LogP contribution in [0.3, 0.4) is 0 Å². The summed E-state index contributed by atoms with van der Waals surface area (Å²) in [6, 6.07) is 22.4. The van der Waals surface area contributed by atoms with Gasteiger partial charge in [-0.1, -0.05) is 31.2 Å². The molecular weight excluding hydrogens is 465 g/mol. The van der Waals surface area contributed by atoms with Crippen LogP contribution in [0.5, 0.6) is 0 Å². The van der Waals surface area contributed by atoms with Crippen LogP contribution in [-0.2, 0) is 6.42 Å². The number of carbonyl (C=O) groups is 2. The van der Waals surface area contributed by atoms with Crippen molar-refractivity contribution in [3.05, 3.63) is 101 Å². The standard InChI is InChI=1S/C31H34FN3O2/c1-2-23-8-10-24(11-9-23)30(36)35-16-4-7-27(22-35)25-5-3-6-26(21-25)31(37)34-19-17-33(18-20-34)29-14-12-28(32)13-15-29/h3,5-6,8-15,21,27H,2,4,7,16-20,22H2,1H3. The SMILES string of the molecule is CCc1ccc(C(=O)N2CCCC(c3cccc(C(=O)N4CCN(c5ccc(F)cc5)CC4)c3)C2)cc1. The van der Waals surface area contributed by atoms with Crippen molar-refractivity contribution < 1.29 is 14.0 Å². The third-order valence-electron chi connectivity index (χ3n) is 7.68. The van der Waals surface area contributed by atoms with Crippen LogP contribution in [0.15, 0.2) is 72.8 Å². The zero-order valence-corrected chi connectivity index (χ0v) is 21.4. The highest BCUT2D eigenvalue weighted by atomic mass is 19.1. The number of hydrogen-bond donors (Lipinski definition) is 0. The van der Waals surface area contributed by atoms with E-state index in [1.165, 1.54) is 17.7 Å². The Morgan fingerprint density at radius 3 is 2.22 bits per heavy atom. The van der Waals surface area contributed by atoms with Crippen molar-refractivity contribution in [1.82, 2.24) is 9.80 Å². The molecule has 0 radical (unpaired) electrons. The summed E-state index contributed by atoms with van der Waals surface area (Å²) < 4.78 is 13.3. The maximum absolute atomic E-state index is 13.3. The number of piperidine rings is 1. The highest BCUT2D eigenvalue weighted by Gasteiger charge is 2.27. The van der Waals surface area contributed by atoms with Crippen LogP contribution < -0.4 is 4.90 Å². The second-order valence-electron chi connectivity index (χ2n) is 10.0. The van der Waals surface area contributed by atoms with Gasteiger partial charge in [-0.05, 0) is 78.9 Å². The Morgan fingerprint density at radius 2 is 1.51 bits per heavy atom. The minimum Gasteiger partial charge on any atom is -0.368 e. The van der Waals surface area contributed by atoms with Crippen molar-refractivity contribution in [3.63, 3.8) is 0 Å². The molecule has 0 aromatic heterocycles. The molecule has 2 aliphatic heterocycles. The smallest absolute Gasteiger partial charge is 0.253 e. The van der Waals surface area contributed by atoms with Crippen LogP contribution in [0.25, 0.3) is 0 Å². The van der Waals surface area contributed by atoms with Crippen molar-refractivity contribution >= 4 is 17.5 Å². The number of carbonyl (C=O) groups excluding carboxylic acids is 2. The second-order valence-corrected chi connectivity index (χ2v) is 10.0. The first-order chi connectivity index (χ1) is 18.0. The lowest BCUT2D eigenvalue weighted by molar-refractivity contribution is 0.0704. The average Bonchev–Trinajstić information content (AvgIpc) is 2.97. The zero-order valence-electron chi connectivity index (χ0n) is 21.4. The van der Waals surface area contributed by atoms with Crippen molar-refractivity contribution in [2.24, 2.45) is 0 Å². The molecule has 6 heteroatoms. The van der Waals surface area contributed by atoms with Crippen LogP contribution in [-0.4, -0.2) is 60.9 Å². The van der Waals surface area contributed by atoms with Crippen LogP contribution >= 0.6 is 0 Å². The molecule has 192 valence electrons. The second kappa shape index (κ2) is 11.2. The molecule has 2 fully saturated rings. The van der Waals surface area contributed by atoms with E-state index >= 15 is 0 Å². The summed E-state index contributed by atoms with van der Waals surface area (Å²) in [4.78, 5) is 32.5. The fourth-order valence-corrected chi connectivity index (χ4v) is 5.43. The van der Waals surface area contributed by atoms with Gasteiger partial charge in [0.25, 0.3) is 11.8 Å². The summed E-state index contributed by atoms with van der Waals surface area (Å²) in [6.07, 6.45) is 2.92.